The summed E-state index contributed by atoms with van der Waals surface area (Å²) in [5.74, 6) is -9.46. The van der Waals surface area contributed by atoms with Crippen molar-refractivity contribution in [2.75, 3.05) is 13.2 Å². The number of rotatable bonds is 8. The molecule has 0 radical (unpaired) electrons. The molecule has 0 heterocycles. The van der Waals surface area contributed by atoms with Crippen LogP contribution in [-0.4, -0.2) is 97.4 Å². The summed E-state index contributed by atoms with van der Waals surface area (Å²) in [6, 6.07) is 0. The van der Waals surface area contributed by atoms with E-state index in [9.17, 15) is 34.2 Å². The number of hydrogen-bond donors (Lipinski definition) is 6. The molecule has 4 atom stereocenters. The third-order valence-electron chi connectivity index (χ3n) is 2.75. The van der Waals surface area contributed by atoms with Crippen molar-refractivity contribution < 1.29 is 64.1 Å². The van der Waals surface area contributed by atoms with E-state index >= 15 is 0 Å². The number of ether oxygens (including phenoxy) is 2. The van der Waals surface area contributed by atoms with Crippen LogP contribution in [-0.2, 0) is 33.4 Å². The molecule has 0 saturated heterocycles. The van der Waals surface area contributed by atoms with Crippen LogP contribution in [0.25, 0.3) is 0 Å². The predicted octanol–water partition coefficient (Wildman–Crippen LogP) is -5.49. The van der Waals surface area contributed by atoms with E-state index < -0.39 is 66.8 Å². The van der Waals surface area contributed by atoms with Crippen molar-refractivity contribution in [2.24, 2.45) is 0 Å². The minimum absolute atomic E-state index is 0.509. The minimum atomic E-state index is -3.70. The molecule has 6 N–H and O–H groups in total. The second-order valence-corrected chi connectivity index (χ2v) is 4.57. The van der Waals surface area contributed by atoms with Crippen molar-refractivity contribution in [3.63, 3.8) is 0 Å². The number of hydrogen-bond acceptors (Lipinski definition) is 13. The molecule has 0 saturated carbocycles. The molecule has 0 spiro atoms. The number of carbonyl (C=O) groups excluding carboxylic acids is 5. The first-order valence-corrected chi connectivity index (χ1v) is 6.44. The lowest BCUT2D eigenvalue weighted by molar-refractivity contribution is -0.198. The molecular formula is C12H16O13. The Labute approximate surface area is 139 Å². The molecule has 0 aliphatic heterocycles. The number of esters is 4. The molecule has 0 aromatic carbocycles. The third-order valence-corrected chi connectivity index (χ3v) is 2.75. The summed E-state index contributed by atoms with van der Waals surface area (Å²) in [6.45, 7) is -1.83. The second-order valence-electron chi connectivity index (χ2n) is 4.57. The molecule has 0 rings (SSSR count). The van der Waals surface area contributed by atoms with Crippen molar-refractivity contribution in [2.45, 2.75) is 30.8 Å². The molecule has 142 valence electrons. The number of ketones is 1. The average Bonchev–Trinajstić information content (AvgIpc) is 2.57. The smallest absolute Gasteiger partial charge is 0.357 e. The fourth-order valence-electron chi connectivity index (χ4n) is 1.23. The van der Waals surface area contributed by atoms with Crippen molar-refractivity contribution >= 4 is 29.7 Å². The molecule has 0 aliphatic rings. The zero-order valence-corrected chi connectivity index (χ0v) is 12.7. The van der Waals surface area contributed by atoms with Crippen molar-refractivity contribution in [3.05, 3.63) is 0 Å². The average molecular weight is 368 g/mol. The highest BCUT2D eigenvalue weighted by atomic mass is 16.6. The summed E-state index contributed by atoms with van der Waals surface area (Å²) in [7, 11) is 0. The van der Waals surface area contributed by atoms with E-state index in [-0.39, 0.29) is 0 Å². The van der Waals surface area contributed by atoms with Gasteiger partial charge < -0.3 is 40.1 Å². The van der Waals surface area contributed by atoms with Gasteiger partial charge >= 0.3 is 23.9 Å². The van der Waals surface area contributed by atoms with E-state index in [4.69, 9.17) is 20.4 Å². The van der Waals surface area contributed by atoms with Crippen molar-refractivity contribution in [1.29, 1.82) is 0 Å². The molecule has 0 aromatic heterocycles. The Morgan fingerprint density at radius 2 is 1.24 bits per heavy atom. The summed E-state index contributed by atoms with van der Waals surface area (Å²) in [4.78, 5) is 56.9. The lowest BCUT2D eigenvalue weighted by Crippen LogP contribution is -2.60. The Morgan fingerprint density at radius 3 is 1.60 bits per heavy atom. The predicted molar refractivity (Wildman–Crippen MR) is 70.0 cm³/mol. The van der Waals surface area contributed by atoms with Gasteiger partial charge in [-0.05, 0) is 6.92 Å². The van der Waals surface area contributed by atoms with Crippen LogP contribution in [0.4, 0.5) is 0 Å². The number of aliphatic hydroxyl groups excluding tert-OH is 5. The molecule has 4 unspecified atom stereocenters. The van der Waals surface area contributed by atoms with Gasteiger partial charge in [-0.3, -0.25) is 4.79 Å². The first kappa shape index (κ1) is 22.7. The molecule has 13 heteroatoms. The standard InChI is InChI=1S/C12H16O13/c1-4(15)12(23,11(22)25-9(20)6(17)3-14)7(18)10(21)24-8(19)5(16)2-13/h5-7,13-14,16-18,23H,2-3H2,1H3. The van der Waals surface area contributed by atoms with Crippen molar-refractivity contribution in [3.8, 4) is 0 Å². The molecule has 0 aliphatic carbocycles. The van der Waals surface area contributed by atoms with Crippen LogP contribution in [0.1, 0.15) is 6.92 Å². The summed E-state index contributed by atoms with van der Waals surface area (Å²) in [6.07, 6.45) is -7.47. The van der Waals surface area contributed by atoms with E-state index in [2.05, 4.69) is 9.47 Å². The normalized spacial score (nSPS) is 16.8. The van der Waals surface area contributed by atoms with E-state index in [1.807, 2.05) is 0 Å². The molecule has 0 amide bonds. The van der Waals surface area contributed by atoms with Crippen LogP contribution in [0.15, 0.2) is 0 Å². The highest BCUT2D eigenvalue weighted by Gasteiger charge is 2.55. The summed E-state index contributed by atoms with van der Waals surface area (Å²) < 4.78 is 7.73. The molecule has 0 aromatic rings. The number of Topliss-reactive ketones (excluding diaryl/α,β-unsaturated/α-hetero) is 1. The highest BCUT2D eigenvalue weighted by Crippen LogP contribution is 2.17. The van der Waals surface area contributed by atoms with Crippen LogP contribution < -0.4 is 0 Å². The van der Waals surface area contributed by atoms with Crippen LogP contribution in [0, 0.1) is 0 Å². The van der Waals surface area contributed by atoms with Crippen LogP contribution >= 0.6 is 0 Å². The Balaban J connectivity index is 5.39. The van der Waals surface area contributed by atoms with E-state index in [1.165, 1.54) is 0 Å². The van der Waals surface area contributed by atoms with E-state index in [0.29, 0.717) is 6.92 Å². The molecule has 25 heavy (non-hydrogen) atoms. The summed E-state index contributed by atoms with van der Waals surface area (Å²) in [5.41, 5.74) is -3.70. The van der Waals surface area contributed by atoms with Gasteiger partial charge in [-0.25, -0.2) is 19.2 Å². The van der Waals surface area contributed by atoms with Gasteiger partial charge in [0.2, 0.25) is 0 Å². The highest BCUT2D eigenvalue weighted by molar-refractivity contribution is 6.13. The topological polar surface area (TPSA) is 225 Å². The monoisotopic (exact) mass is 368 g/mol. The van der Waals surface area contributed by atoms with Crippen LogP contribution in [0.5, 0.6) is 0 Å². The maximum Gasteiger partial charge on any atom is 0.357 e. The summed E-state index contributed by atoms with van der Waals surface area (Å²) in [5, 5.41) is 54.4. The largest absolute Gasteiger partial charge is 0.393 e. The molecule has 0 bridgehead atoms. The number of carbonyl (C=O) groups is 5. The van der Waals surface area contributed by atoms with E-state index in [0.717, 1.165) is 0 Å². The van der Waals surface area contributed by atoms with Gasteiger partial charge in [0, 0.05) is 0 Å². The SMILES string of the molecule is CC(=O)C(O)(C(=O)OC(=O)C(O)CO)C(O)C(=O)OC(=O)C(O)CO. The van der Waals surface area contributed by atoms with Gasteiger partial charge in [0.15, 0.2) is 24.1 Å². The van der Waals surface area contributed by atoms with Gasteiger partial charge in [-0.1, -0.05) is 0 Å². The van der Waals surface area contributed by atoms with Gasteiger partial charge in [0.25, 0.3) is 5.60 Å². The lowest BCUT2D eigenvalue weighted by atomic mass is 9.92. The van der Waals surface area contributed by atoms with Crippen LogP contribution in [0.3, 0.4) is 0 Å². The van der Waals surface area contributed by atoms with Gasteiger partial charge in [0.05, 0.1) is 13.2 Å². The number of aliphatic hydroxyl groups is 6. The maximum absolute atomic E-state index is 11.7. The Bertz CT molecular complexity index is 555. The van der Waals surface area contributed by atoms with Gasteiger partial charge in [-0.2, -0.15) is 0 Å². The third kappa shape index (κ3) is 5.35. The maximum atomic E-state index is 11.7. The lowest BCUT2D eigenvalue weighted by Gasteiger charge is -2.26. The Morgan fingerprint density at radius 1 is 0.840 bits per heavy atom. The van der Waals surface area contributed by atoms with Gasteiger partial charge in [-0.15, -0.1) is 0 Å². The fourth-order valence-corrected chi connectivity index (χ4v) is 1.23. The summed E-state index contributed by atoms with van der Waals surface area (Å²) >= 11 is 0. The Hall–Kier alpha value is -2.29. The molecular weight excluding hydrogens is 352 g/mol. The van der Waals surface area contributed by atoms with E-state index in [1.54, 1.807) is 0 Å². The van der Waals surface area contributed by atoms with Gasteiger partial charge in [0.1, 0.15) is 0 Å². The first-order valence-electron chi connectivity index (χ1n) is 6.44. The minimum Gasteiger partial charge on any atom is -0.393 e. The zero-order chi connectivity index (χ0) is 19.9. The zero-order valence-electron chi connectivity index (χ0n) is 12.7. The first-order chi connectivity index (χ1) is 11.4. The molecule has 0 fully saturated rings. The van der Waals surface area contributed by atoms with Crippen molar-refractivity contribution in [1.82, 2.24) is 0 Å². The Kier molecular flexibility index (Phi) is 8.41. The molecule has 13 nitrogen and oxygen atoms in total. The van der Waals surface area contributed by atoms with Crippen LogP contribution in [0.2, 0.25) is 0 Å². The quantitative estimate of drug-likeness (QED) is 0.174. The fraction of sp³-hybridized carbons (Fsp3) is 0.583. The second kappa shape index (κ2) is 9.26.